The largest absolute Gasteiger partial charge is 0.398 e. The minimum Gasteiger partial charge on any atom is -0.398 e. The fraction of sp³-hybridized carbons (Fsp3) is 1.00. The SMILES string of the molecule is CO[Si](C)(C)OCCF. The number of rotatable bonds is 4. The quantitative estimate of drug-likeness (QED) is 0.566. The first-order chi connectivity index (χ1) is 4.12. The van der Waals surface area contributed by atoms with Gasteiger partial charge in [-0.1, -0.05) is 0 Å². The maximum Gasteiger partial charge on any atom is 0.331 e. The Balaban J connectivity index is 3.33. The molecular formula is C5H13FO2Si. The molecule has 9 heavy (non-hydrogen) atoms. The Morgan fingerprint density at radius 1 is 1.44 bits per heavy atom. The zero-order valence-electron chi connectivity index (χ0n) is 6.11. The average Bonchev–Trinajstić information content (AvgIpc) is 1.84. The Labute approximate surface area is 56.2 Å². The van der Waals surface area contributed by atoms with E-state index in [0.717, 1.165) is 0 Å². The molecule has 0 aromatic heterocycles. The van der Waals surface area contributed by atoms with Crippen LogP contribution in [0.2, 0.25) is 13.1 Å². The fourth-order valence-corrected chi connectivity index (χ4v) is 1.03. The lowest BCUT2D eigenvalue weighted by atomic mass is 10.9. The van der Waals surface area contributed by atoms with Crippen molar-refractivity contribution < 1.29 is 13.2 Å². The van der Waals surface area contributed by atoms with Crippen molar-refractivity contribution in [2.24, 2.45) is 0 Å². The van der Waals surface area contributed by atoms with E-state index < -0.39 is 15.2 Å². The Hall–Kier alpha value is 0.0669. The lowest BCUT2D eigenvalue weighted by molar-refractivity contribution is 0.193. The summed E-state index contributed by atoms with van der Waals surface area (Å²) < 4.78 is 21.6. The van der Waals surface area contributed by atoms with Crippen LogP contribution in [-0.4, -0.2) is 29.0 Å². The van der Waals surface area contributed by atoms with E-state index in [1.807, 2.05) is 13.1 Å². The number of hydrogen-bond donors (Lipinski definition) is 0. The molecule has 0 saturated heterocycles. The van der Waals surface area contributed by atoms with Crippen LogP contribution in [0.3, 0.4) is 0 Å². The molecule has 56 valence electrons. The van der Waals surface area contributed by atoms with Crippen LogP contribution in [0, 0.1) is 0 Å². The zero-order chi connectivity index (χ0) is 7.33. The van der Waals surface area contributed by atoms with Gasteiger partial charge < -0.3 is 8.85 Å². The minimum atomic E-state index is -1.94. The van der Waals surface area contributed by atoms with Crippen LogP contribution in [0.1, 0.15) is 0 Å². The summed E-state index contributed by atoms with van der Waals surface area (Å²) in [5.74, 6) is 0. The molecule has 0 unspecified atom stereocenters. The molecule has 0 rings (SSSR count). The molecule has 0 saturated carbocycles. The smallest absolute Gasteiger partial charge is 0.331 e. The van der Waals surface area contributed by atoms with E-state index >= 15 is 0 Å². The van der Waals surface area contributed by atoms with Crippen molar-refractivity contribution >= 4 is 8.56 Å². The maximum absolute atomic E-state index is 11.5. The summed E-state index contributed by atoms with van der Waals surface area (Å²) in [6, 6.07) is 0. The molecule has 0 aromatic rings. The van der Waals surface area contributed by atoms with Crippen molar-refractivity contribution in [3.8, 4) is 0 Å². The Bertz CT molecular complexity index is 77.4. The highest BCUT2D eigenvalue weighted by Gasteiger charge is 2.21. The van der Waals surface area contributed by atoms with Crippen LogP contribution in [-0.2, 0) is 8.85 Å². The van der Waals surface area contributed by atoms with Gasteiger partial charge in [0.1, 0.15) is 6.67 Å². The second kappa shape index (κ2) is 3.98. The highest BCUT2D eigenvalue weighted by molar-refractivity contribution is 6.64. The molecule has 0 aliphatic carbocycles. The second-order valence-corrected chi connectivity index (χ2v) is 5.64. The van der Waals surface area contributed by atoms with Gasteiger partial charge in [-0.25, -0.2) is 4.39 Å². The van der Waals surface area contributed by atoms with Crippen LogP contribution in [0.4, 0.5) is 4.39 Å². The summed E-state index contributed by atoms with van der Waals surface area (Å²) in [4.78, 5) is 0. The van der Waals surface area contributed by atoms with Crippen molar-refractivity contribution in [1.82, 2.24) is 0 Å². The summed E-state index contributed by atoms with van der Waals surface area (Å²) in [7, 11) is -0.350. The van der Waals surface area contributed by atoms with Gasteiger partial charge in [0.2, 0.25) is 0 Å². The molecule has 4 heteroatoms. The van der Waals surface area contributed by atoms with E-state index in [1.165, 1.54) is 0 Å². The van der Waals surface area contributed by atoms with E-state index in [4.69, 9.17) is 8.85 Å². The van der Waals surface area contributed by atoms with E-state index in [-0.39, 0.29) is 6.61 Å². The predicted octanol–water partition coefficient (Wildman–Crippen LogP) is 1.32. The monoisotopic (exact) mass is 152 g/mol. The zero-order valence-corrected chi connectivity index (χ0v) is 7.11. The summed E-state index contributed by atoms with van der Waals surface area (Å²) in [6.07, 6.45) is 0. The molecule has 0 aliphatic rings. The molecule has 0 atom stereocenters. The van der Waals surface area contributed by atoms with Crippen LogP contribution >= 0.6 is 0 Å². The van der Waals surface area contributed by atoms with Gasteiger partial charge in [-0.05, 0) is 13.1 Å². The summed E-state index contributed by atoms with van der Waals surface area (Å²) >= 11 is 0. The van der Waals surface area contributed by atoms with Crippen molar-refractivity contribution in [3.05, 3.63) is 0 Å². The molecule has 0 fully saturated rings. The summed E-state index contributed by atoms with van der Waals surface area (Å²) in [5, 5.41) is 0. The first-order valence-corrected chi connectivity index (χ1v) is 5.69. The van der Waals surface area contributed by atoms with Gasteiger partial charge in [0, 0.05) is 7.11 Å². The highest BCUT2D eigenvalue weighted by atomic mass is 28.4. The average molecular weight is 152 g/mol. The highest BCUT2D eigenvalue weighted by Crippen LogP contribution is 2.02. The number of hydrogen-bond acceptors (Lipinski definition) is 2. The summed E-state index contributed by atoms with van der Waals surface area (Å²) in [6.45, 7) is 3.48. The van der Waals surface area contributed by atoms with E-state index in [2.05, 4.69) is 0 Å². The van der Waals surface area contributed by atoms with E-state index in [9.17, 15) is 4.39 Å². The third-order valence-corrected chi connectivity index (χ3v) is 2.90. The molecular weight excluding hydrogens is 139 g/mol. The third-order valence-electron chi connectivity index (χ3n) is 1.02. The molecule has 0 aromatic carbocycles. The normalized spacial score (nSPS) is 12.0. The molecule has 0 N–H and O–H groups in total. The van der Waals surface area contributed by atoms with Crippen LogP contribution < -0.4 is 0 Å². The van der Waals surface area contributed by atoms with E-state index in [0.29, 0.717) is 0 Å². The predicted molar refractivity (Wildman–Crippen MR) is 36.4 cm³/mol. The Morgan fingerprint density at radius 3 is 2.33 bits per heavy atom. The second-order valence-electron chi connectivity index (χ2n) is 2.14. The molecule has 0 aliphatic heterocycles. The van der Waals surface area contributed by atoms with Crippen LogP contribution in [0.5, 0.6) is 0 Å². The first-order valence-electron chi connectivity index (χ1n) is 2.87. The lowest BCUT2D eigenvalue weighted by Gasteiger charge is -2.18. The standard InChI is InChI=1S/C5H13FO2Si/c1-7-9(2,3)8-5-4-6/h4-5H2,1-3H3. The van der Waals surface area contributed by atoms with Gasteiger partial charge in [-0.2, -0.15) is 0 Å². The van der Waals surface area contributed by atoms with Crippen LogP contribution in [0.25, 0.3) is 0 Å². The molecule has 0 heterocycles. The van der Waals surface area contributed by atoms with Crippen molar-refractivity contribution in [3.63, 3.8) is 0 Å². The van der Waals surface area contributed by atoms with Crippen molar-refractivity contribution in [2.75, 3.05) is 20.4 Å². The van der Waals surface area contributed by atoms with Crippen molar-refractivity contribution in [2.45, 2.75) is 13.1 Å². The molecule has 0 radical (unpaired) electrons. The van der Waals surface area contributed by atoms with Gasteiger partial charge in [0.25, 0.3) is 0 Å². The van der Waals surface area contributed by atoms with Crippen molar-refractivity contribution in [1.29, 1.82) is 0 Å². The molecule has 2 nitrogen and oxygen atoms in total. The first kappa shape index (κ1) is 9.07. The van der Waals surface area contributed by atoms with Crippen LogP contribution in [0.15, 0.2) is 0 Å². The molecule has 0 bridgehead atoms. The fourth-order valence-electron chi connectivity index (χ4n) is 0.343. The molecule has 0 spiro atoms. The minimum absolute atomic E-state index is 0.160. The molecule has 0 amide bonds. The van der Waals surface area contributed by atoms with Gasteiger partial charge in [0.15, 0.2) is 0 Å². The van der Waals surface area contributed by atoms with E-state index in [1.54, 1.807) is 7.11 Å². The van der Waals surface area contributed by atoms with Gasteiger partial charge in [0.05, 0.1) is 6.61 Å². The Kier molecular flexibility index (Phi) is 4.00. The summed E-state index contributed by atoms with van der Waals surface area (Å²) in [5.41, 5.74) is 0. The van der Waals surface area contributed by atoms with Gasteiger partial charge in [-0.15, -0.1) is 0 Å². The Morgan fingerprint density at radius 2 is 2.00 bits per heavy atom. The topological polar surface area (TPSA) is 18.5 Å². The number of halogens is 1. The van der Waals surface area contributed by atoms with Gasteiger partial charge >= 0.3 is 8.56 Å². The number of alkyl halides is 1. The third kappa shape index (κ3) is 4.56. The maximum atomic E-state index is 11.5. The van der Waals surface area contributed by atoms with Gasteiger partial charge in [-0.3, -0.25) is 0 Å². The lowest BCUT2D eigenvalue weighted by Crippen LogP contribution is -2.33.